The number of hydrogen-bond donors (Lipinski definition) is 0. The molecule has 3 nitrogen and oxygen atoms in total. The highest BCUT2D eigenvalue weighted by atomic mass is 16.6. The van der Waals surface area contributed by atoms with Crippen LogP contribution in [0, 0.1) is 12.3 Å². The number of unbranched alkanes of at least 4 members (excludes halogenated alkanes) is 1. The van der Waals surface area contributed by atoms with Crippen LogP contribution < -0.4 is 4.74 Å². The summed E-state index contributed by atoms with van der Waals surface area (Å²) in [6.07, 6.45) is 7.62. The van der Waals surface area contributed by atoms with Crippen LogP contribution in [0.25, 0.3) is 0 Å². The fourth-order valence-electron chi connectivity index (χ4n) is 2.16. The van der Waals surface area contributed by atoms with Gasteiger partial charge in [-0.05, 0) is 30.5 Å². The van der Waals surface area contributed by atoms with Gasteiger partial charge in [0.2, 0.25) is 0 Å². The Labute approximate surface area is 107 Å². The lowest BCUT2D eigenvalue weighted by Crippen LogP contribution is -2.42. The molecule has 0 N–H and O–H groups in total. The van der Waals surface area contributed by atoms with Crippen LogP contribution >= 0.6 is 0 Å². The molecular formula is C15H16O3. The molecule has 18 heavy (non-hydrogen) atoms. The summed E-state index contributed by atoms with van der Waals surface area (Å²) in [4.78, 5) is 11.5. The molecule has 0 bridgehead atoms. The molecule has 0 aromatic heterocycles. The van der Waals surface area contributed by atoms with Crippen LogP contribution in [0.4, 0.5) is 0 Å². The zero-order valence-electron chi connectivity index (χ0n) is 10.4. The standard InChI is InChI=1S/C15H16O3/c1-3-4-5-6-13-14(15(16)18-13)11-7-9-12(17-2)10-8-11/h1,7-10,13-14H,4-6H2,2H3/t13-,14-/m0/s1. The topological polar surface area (TPSA) is 35.5 Å². The van der Waals surface area contributed by atoms with E-state index in [1.54, 1.807) is 7.11 Å². The Kier molecular flexibility index (Phi) is 3.88. The summed E-state index contributed by atoms with van der Waals surface area (Å²) in [7, 11) is 1.62. The molecule has 1 aliphatic heterocycles. The summed E-state index contributed by atoms with van der Waals surface area (Å²) >= 11 is 0. The SMILES string of the molecule is C#CCCC[C@@H]1OC(=O)[C@H]1c1ccc(OC)cc1. The quantitative estimate of drug-likeness (QED) is 0.453. The van der Waals surface area contributed by atoms with E-state index < -0.39 is 0 Å². The Balaban J connectivity index is 2.01. The van der Waals surface area contributed by atoms with E-state index in [9.17, 15) is 4.79 Å². The first kappa shape index (κ1) is 12.5. The highest BCUT2D eigenvalue weighted by molar-refractivity contribution is 5.84. The van der Waals surface area contributed by atoms with E-state index in [4.69, 9.17) is 15.9 Å². The largest absolute Gasteiger partial charge is 0.497 e. The minimum Gasteiger partial charge on any atom is -0.497 e. The summed E-state index contributed by atoms with van der Waals surface area (Å²) < 4.78 is 10.3. The zero-order valence-corrected chi connectivity index (χ0v) is 10.4. The average molecular weight is 244 g/mol. The molecular weight excluding hydrogens is 228 g/mol. The van der Waals surface area contributed by atoms with Crippen molar-refractivity contribution in [2.24, 2.45) is 0 Å². The van der Waals surface area contributed by atoms with Gasteiger partial charge in [-0.1, -0.05) is 12.1 Å². The molecule has 2 rings (SSSR count). The molecule has 1 aromatic carbocycles. The lowest BCUT2D eigenvalue weighted by Gasteiger charge is -2.35. The Morgan fingerprint density at radius 3 is 2.67 bits per heavy atom. The van der Waals surface area contributed by atoms with E-state index >= 15 is 0 Å². The number of ether oxygens (including phenoxy) is 2. The monoisotopic (exact) mass is 244 g/mol. The second-order valence-electron chi connectivity index (χ2n) is 4.32. The van der Waals surface area contributed by atoms with Crippen LogP contribution in [0.5, 0.6) is 5.75 Å². The van der Waals surface area contributed by atoms with Crippen LogP contribution in [0.2, 0.25) is 0 Å². The minimum absolute atomic E-state index is 0.0285. The van der Waals surface area contributed by atoms with Gasteiger partial charge in [0.25, 0.3) is 0 Å². The third-order valence-electron chi connectivity index (χ3n) is 3.18. The van der Waals surface area contributed by atoms with Crippen molar-refractivity contribution >= 4 is 5.97 Å². The van der Waals surface area contributed by atoms with Crippen LogP contribution in [-0.2, 0) is 9.53 Å². The zero-order chi connectivity index (χ0) is 13.0. The van der Waals surface area contributed by atoms with Gasteiger partial charge in [-0.15, -0.1) is 12.3 Å². The fraction of sp³-hybridized carbons (Fsp3) is 0.400. The Morgan fingerprint density at radius 1 is 1.39 bits per heavy atom. The predicted octanol–water partition coefficient (Wildman–Crippen LogP) is 2.51. The molecule has 0 radical (unpaired) electrons. The van der Waals surface area contributed by atoms with E-state index in [0.29, 0.717) is 0 Å². The van der Waals surface area contributed by atoms with Crippen LogP contribution in [0.1, 0.15) is 30.7 Å². The van der Waals surface area contributed by atoms with Crippen molar-refractivity contribution in [3.63, 3.8) is 0 Å². The lowest BCUT2D eigenvalue weighted by molar-refractivity contribution is -0.175. The first-order valence-electron chi connectivity index (χ1n) is 6.04. The molecule has 1 aromatic rings. The number of esters is 1. The second kappa shape index (κ2) is 5.59. The van der Waals surface area contributed by atoms with Gasteiger partial charge in [0, 0.05) is 6.42 Å². The van der Waals surface area contributed by atoms with Gasteiger partial charge in [0.15, 0.2) is 0 Å². The summed E-state index contributed by atoms with van der Waals surface area (Å²) in [6.45, 7) is 0. The van der Waals surface area contributed by atoms with Crippen molar-refractivity contribution in [3.8, 4) is 18.1 Å². The number of terminal acetylenes is 1. The average Bonchev–Trinajstić information content (AvgIpc) is 2.38. The van der Waals surface area contributed by atoms with Gasteiger partial charge in [-0.25, -0.2) is 0 Å². The maximum absolute atomic E-state index is 11.5. The Bertz CT molecular complexity index is 456. The summed E-state index contributed by atoms with van der Waals surface area (Å²) in [6, 6.07) is 7.55. The van der Waals surface area contributed by atoms with Gasteiger partial charge < -0.3 is 9.47 Å². The number of hydrogen-bond acceptors (Lipinski definition) is 3. The van der Waals surface area contributed by atoms with Crippen molar-refractivity contribution in [2.45, 2.75) is 31.3 Å². The van der Waals surface area contributed by atoms with Crippen molar-refractivity contribution in [1.29, 1.82) is 0 Å². The maximum atomic E-state index is 11.5. The molecule has 1 saturated heterocycles. The number of carbonyl (C=O) groups excluding carboxylic acids is 1. The number of methoxy groups -OCH3 is 1. The normalized spacial score (nSPS) is 21.7. The molecule has 1 fully saturated rings. The molecule has 0 amide bonds. The molecule has 2 atom stereocenters. The van der Waals surface area contributed by atoms with E-state index in [0.717, 1.165) is 30.6 Å². The van der Waals surface area contributed by atoms with Gasteiger partial charge in [0.05, 0.1) is 7.11 Å². The number of benzene rings is 1. The Hall–Kier alpha value is -1.95. The maximum Gasteiger partial charge on any atom is 0.317 e. The van der Waals surface area contributed by atoms with Crippen molar-refractivity contribution in [2.75, 3.05) is 7.11 Å². The van der Waals surface area contributed by atoms with Crippen molar-refractivity contribution in [3.05, 3.63) is 29.8 Å². The van der Waals surface area contributed by atoms with Crippen molar-refractivity contribution < 1.29 is 14.3 Å². The molecule has 1 heterocycles. The third-order valence-corrected chi connectivity index (χ3v) is 3.18. The van der Waals surface area contributed by atoms with E-state index in [1.165, 1.54) is 0 Å². The summed E-state index contributed by atoms with van der Waals surface area (Å²) in [5.41, 5.74) is 0.984. The first-order chi connectivity index (χ1) is 8.76. The van der Waals surface area contributed by atoms with Crippen LogP contribution in [0.3, 0.4) is 0 Å². The van der Waals surface area contributed by atoms with Crippen molar-refractivity contribution in [1.82, 2.24) is 0 Å². The van der Waals surface area contributed by atoms with Gasteiger partial charge >= 0.3 is 5.97 Å². The number of rotatable bonds is 5. The second-order valence-corrected chi connectivity index (χ2v) is 4.32. The molecule has 0 unspecified atom stereocenters. The molecule has 0 aliphatic carbocycles. The minimum atomic E-state index is -0.147. The van der Waals surface area contributed by atoms with Crippen LogP contribution in [0.15, 0.2) is 24.3 Å². The van der Waals surface area contributed by atoms with Crippen LogP contribution in [-0.4, -0.2) is 19.2 Å². The van der Waals surface area contributed by atoms with E-state index in [-0.39, 0.29) is 18.0 Å². The fourth-order valence-corrected chi connectivity index (χ4v) is 2.16. The smallest absolute Gasteiger partial charge is 0.317 e. The van der Waals surface area contributed by atoms with E-state index in [1.807, 2.05) is 24.3 Å². The third kappa shape index (κ3) is 2.48. The summed E-state index contributed by atoms with van der Waals surface area (Å²) in [5, 5.41) is 0. The lowest BCUT2D eigenvalue weighted by atomic mass is 9.86. The van der Waals surface area contributed by atoms with E-state index in [2.05, 4.69) is 5.92 Å². The first-order valence-corrected chi connectivity index (χ1v) is 6.04. The number of carbonyl (C=O) groups is 1. The number of cyclic esters (lactones) is 1. The van der Waals surface area contributed by atoms with Gasteiger partial charge in [-0.2, -0.15) is 0 Å². The highest BCUT2D eigenvalue weighted by Gasteiger charge is 2.42. The summed E-state index contributed by atoms with van der Waals surface area (Å²) in [5.74, 6) is 3.09. The van der Waals surface area contributed by atoms with Gasteiger partial charge in [0.1, 0.15) is 17.8 Å². The molecule has 1 aliphatic rings. The molecule has 94 valence electrons. The predicted molar refractivity (Wildman–Crippen MR) is 68.3 cm³/mol. The molecule has 3 heteroatoms. The highest BCUT2D eigenvalue weighted by Crippen LogP contribution is 2.36. The van der Waals surface area contributed by atoms with Gasteiger partial charge in [-0.3, -0.25) is 4.79 Å². The Morgan fingerprint density at radius 2 is 2.11 bits per heavy atom. The molecule has 0 saturated carbocycles. The molecule has 0 spiro atoms.